The fraction of sp³-hybridized carbons (Fsp3) is 0.867. The van der Waals surface area contributed by atoms with E-state index in [1.807, 2.05) is 20.8 Å². The van der Waals surface area contributed by atoms with Crippen LogP contribution in [0.15, 0.2) is 0 Å². The van der Waals surface area contributed by atoms with Crippen molar-refractivity contribution < 1.29 is 19.1 Å². The van der Waals surface area contributed by atoms with Gasteiger partial charge in [-0.05, 0) is 13.0 Å². The molecular formula is C15H27NO4. The van der Waals surface area contributed by atoms with Crippen molar-refractivity contribution in [3.8, 4) is 0 Å². The molecule has 0 aromatic carbocycles. The average molecular weight is 285 g/mol. The van der Waals surface area contributed by atoms with Gasteiger partial charge in [0.2, 0.25) is 0 Å². The molecule has 5 nitrogen and oxygen atoms in total. The molecule has 0 saturated carbocycles. The molecule has 1 aliphatic rings. The molecule has 0 aromatic heterocycles. The maximum atomic E-state index is 12.4. The second-order valence-corrected chi connectivity index (χ2v) is 6.33. The van der Waals surface area contributed by atoms with E-state index < -0.39 is 5.41 Å². The van der Waals surface area contributed by atoms with Crippen molar-refractivity contribution in [2.75, 3.05) is 40.0 Å². The lowest BCUT2D eigenvalue weighted by molar-refractivity contribution is -0.145. The quantitative estimate of drug-likeness (QED) is 0.692. The van der Waals surface area contributed by atoms with Crippen LogP contribution >= 0.6 is 0 Å². The molecule has 1 heterocycles. The van der Waals surface area contributed by atoms with Crippen LogP contribution in [0.5, 0.6) is 0 Å². The van der Waals surface area contributed by atoms with Crippen LogP contribution in [0.2, 0.25) is 0 Å². The molecule has 0 spiro atoms. The van der Waals surface area contributed by atoms with Gasteiger partial charge in [-0.15, -0.1) is 0 Å². The smallest absolute Gasteiger partial charge is 0.306 e. The van der Waals surface area contributed by atoms with Gasteiger partial charge in [-0.2, -0.15) is 0 Å². The van der Waals surface area contributed by atoms with Crippen molar-refractivity contribution >= 4 is 11.8 Å². The van der Waals surface area contributed by atoms with Crippen LogP contribution in [-0.2, 0) is 19.1 Å². The highest BCUT2D eigenvalue weighted by Gasteiger charge is 2.31. The number of hydrogen-bond acceptors (Lipinski definition) is 5. The Kier molecular flexibility index (Phi) is 6.62. The van der Waals surface area contributed by atoms with E-state index in [1.165, 1.54) is 7.11 Å². The number of nitrogens with zero attached hydrogens (tertiary/aromatic N) is 1. The van der Waals surface area contributed by atoms with Crippen molar-refractivity contribution in [1.82, 2.24) is 4.90 Å². The van der Waals surface area contributed by atoms with Crippen LogP contribution in [0.25, 0.3) is 0 Å². The highest BCUT2D eigenvalue weighted by Crippen LogP contribution is 2.25. The fourth-order valence-electron chi connectivity index (χ4n) is 2.39. The first-order valence-corrected chi connectivity index (χ1v) is 7.26. The molecule has 1 rings (SSSR count). The largest absolute Gasteiger partial charge is 0.469 e. The normalized spacial score (nSPS) is 18.6. The predicted molar refractivity (Wildman–Crippen MR) is 76.5 cm³/mol. The molecule has 1 unspecified atom stereocenters. The number of carbonyl (C=O) groups is 2. The molecule has 0 bridgehead atoms. The Balaban J connectivity index is 2.57. The lowest BCUT2D eigenvalue weighted by atomic mass is 9.80. The highest BCUT2D eigenvalue weighted by molar-refractivity contribution is 5.89. The molecular weight excluding hydrogens is 258 g/mol. The zero-order valence-corrected chi connectivity index (χ0v) is 13.1. The summed E-state index contributed by atoms with van der Waals surface area (Å²) in [6.45, 7) is 9.80. The summed E-state index contributed by atoms with van der Waals surface area (Å²) in [5, 5.41) is 0. The Morgan fingerprint density at radius 2 is 1.85 bits per heavy atom. The summed E-state index contributed by atoms with van der Waals surface area (Å²) >= 11 is 0. The third kappa shape index (κ3) is 5.59. The van der Waals surface area contributed by atoms with Crippen molar-refractivity contribution in [2.45, 2.75) is 33.6 Å². The molecule has 0 aliphatic carbocycles. The van der Waals surface area contributed by atoms with Crippen LogP contribution in [0.4, 0.5) is 0 Å². The van der Waals surface area contributed by atoms with Gasteiger partial charge in [0.15, 0.2) is 0 Å². The maximum absolute atomic E-state index is 12.4. The monoisotopic (exact) mass is 285 g/mol. The van der Waals surface area contributed by atoms with Gasteiger partial charge in [-0.1, -0.05) is 20.8 Å². The van der Waals surface area contributed by atoms with Gasteiger partial charge in [0, 0.05) is 24.4 Å². The van der Waals surface area contributed by atoms with E-state index in [1.54, 1.807) is 0 Å². The first-order chi connectivity index (χ1) is 9.34. The van der Waals surface area contributed by atoms with Gasteiger partial charge in [0.1, 0.15) is 5.78 Å². The number of morpholine rings is 1. The number of Topliss-reactive ketones (excluding diaryl/α,β-unsaturated/α-hetero) is 1. The number of ketones is 1. The third-order valence-electron chi connectivity index (χ3n) is 3.65. The first kappa shape index (κ1) is 17.1. The first-order valence-electron chi connectivity index (χ1n) is 7.26. The number of rotatable bonds is 6. The number of carbonyl (C=O) groups excluding carboxylic acids is 2. The lowest BCUT2D eigenvalue weighted by Gasteiger charge is -2.29. The highest BCUT2D eigenvalue weighted by atomic mass is 16.5. The minimum atomic E-state index is -0.427. The number of hydrogen-bond donors (Lipinski definition) is 0. The molecule has 0 N–H and O–H groups in total. The molecule has 0 aromatic rings. The van der Waals surface area contributed by atoms with Gasteiger partial charge in [-0.25, -0.2) is 0 Å². The minimum Gasteiger partial charge on any atom is -0.469 e. The Hall–Kier alpha value is -0.940. The molecule has 1 aliphatic heterocycles. The molecule has 0 amide bonds. The summed E-state index contributed by atoms with van der Waals surface area (Å²) in [6.07, 6.45) is 0.877. The Morgan fingerprint density at radius 1 is 1.25 bits per heavy atom. The summed E-state index contributed by atoms with van der Waals surface area (Å²) in [6, 6.07) is 0. The van der Waals surface area contributed by atoms with Gasteiger partial charge in [0.25, 0.3) is 0 Å². The molecule has 1 saturated heterocycles. The number of methoxy groups -OCH3 is 1. The number of esters is 1. The van der Waals surface area contributed by atoms with E-state index in [0.717, 1.165) is 32.8 Å². The maximum Gasteiger partial charge on any atom is 0.306 e. The van der Waals surface area contributed by atoms with Crippen LogP contribution < -0.4 is 0 Å². The SMILES string of the molecule is COC(=O)CC(CCN1CCOCC1)C(=O)C(C)(C)C. The van der Waals surface area contributed by atoms with E-state index >= 15 is 0 Å². The van der Waals surface area contributed by atoms with Crippen LogP contribution in [0, 0.1) is 11.3 Å². The topological polar surface area (TPSA) is 55.8 Å². The zero-order valence-electron chi connectivity index (χ0n) is 13.1. The van der Waals surface area contributed by atoms with Crippen LogP contribution in [0.3, 0.4) is 0 Å². The molecule has 116 valence electrons. The van der Waals surface area contributed by atoms with Gasteiger partial charge in [-0.3, -0.25) is 14.5 Å². The third-order valence-corrected chi connectivity index (χ3v) is 3.65. The van der Waals surface area contributed by atoms with Crippen LogP contribution in [0.1, 0.15) is 33.6 Å². The van der Waals surface area contributed by atoms with Crippen molar-refractivity contribution in [3.05, 3.63) is 0 Å². The molecule has 20 heavy (non-hydrogen) atoms. The van der Waals surface area contributed by atoms with E-state index in [2.05, 4.69) is 4.90 Å². The van der Waals surface area contributed by atoms with Crippen molar-refractivity contribution in [2.24, 2.45) is 11.3 Å². The summed E-state index contributed by atoms with van der Waals surface area (Å²) in [5.74, 6) is -0.434. The second-order valence-electron chi connectivity index (χ2n) is 6.33. The molecule has 1 fully saturated rings. The Bertz CT molecular complexity index is 329. The summed E-state index contributed by atoms with van der Waals surface area (Å²) in [7, 11) is 1.36. The summed E-state index contributed by atoms with van der Waals surface area (Å²) in [4.78, 5) is 26.2. The second kappa shape index (κ2) is 7.74. The van der Waals surface area contributed by atoms with E-state index in [-0.39, 0.29) is 24.1 Å². The zero-order chi connectivity index (χ0) is 15.2. The minimum absolute atomic E-state index is 0.135. The predicted octanol–water partition coefficient (Wildman–Crippen LogP) is 1.50. The van der Waals surface area contributed by atoms with Crippen molar-refractivity contribution in [1.29, 1.82) is 0 Å². The fourth-order valence-corrected chi connectivity index (χ4v) is 2.39. The Morgan fingerprint density at radius 3 is 2.35 bits per heavy atom. The summed E-state index contributed by atoms with van der Waals surface area (Å²) < 4.78 is 10.0. The van der Waals surface area contributed by atoms with Crippen LogP contribution in [-0.4, -0.2) is 56.6 Å². The lowest BCUT2D eigenvalue weighted by Crippen LogP contribution is -2.39. The average Bonchev–Trinajstić information content (AvgIpc) is 2.42. The molecule has 1 atom stereocenters. The Labute approximate surface area is 121 Å². The standard InChI is InChI=1S/C15H27NO4/c1-15(2,3)14(18)12(11-13(17)19-4)5-6-16-7-9-20-10-8-16/h12H,5-11H2,1-4H3. The van der Waals surface area contributed by atoms with E-state index in [0.29, 0.717) is 6.42 Å². The molecule has 5 heteroatoms. The summed E-state index contributed by atoms with van der Waals surface area (Å²) in [5.41, 5.74) is -0.427. The molecule has 0 radical (unpaired) electrons. The number of ether oxygens (including phenoxy) is 2. The van der Waals surface area contributed by atoms with Gasteiger partial charge >= 0.3 is 5.97 Å². The van der Waals surface area contributed by atoms with Gasteiger partial charge in [0.05, 0.1) is 26.7 Å². The van der Waals surface area contributed by atoms with E-state index in [4.69, 9.17) is 9.47 Å². The van der Waals surface area contributed by atoms with E-state index in [9.17, 15) is 9.59 Å². The van der Waals surface area contributed by atoms with Crippen molar-refractivity contribution in [3.63, 3.8) is 0 Å². The van der Waals surface area contributed by atoms with Gasteiger partial charge < -0.3 is 9.47 Å².